The molecule has 2 amide bonds. The number of carbonyl (C=O) groups is 2. The highest BCUT2D eigenvalue weighted by molar-refractivity contribution is 7.88. The third-order valence-electron chi connectivity index (χ3n) is 4.92. The summed E-state index contributed by atoms with van der Waals surface area (Å²) in [4.78, 5) is 25.6. The van der Waals surface area contributed by atoms with Gasteiger partial charge in [0.05, 0.1) is 19.2 Å². The molecule has 1 aliphatic heterocycles. The van der Waals surface area contributed by atoms with Gasteiger partial charge in [-0.05, 0) is 42.0 Å². The molecule has 29 heavy (non-hydrogen) atoms. The van der Waals surface area contributed by atoms with Gasteiger partial charge < -0.3 is 10.6 Å². The van der Waals surface area contributed by atoms with Crippen molar-refractivity contribution in [2.24, 2.45) is 5.92 Å². The predicted octanol–water partition coefficient (Wildman–Crippen LogP) is 2.22. The molecule has 1 aromatic heterocycles. The van der Waals surface area contributed by atoms with Gasteiger partial charge in [-0.2, -0.15) is 0 Å². The van der Waals surface area contributed by atoms with E-state index in [-0.39, 0.29) is 24.2 Å². The zero-order valence-corrected chi connectivity index (χ0v) is 17.9. The van der Waals surface area contributed by atoms with E-state index in [0.717, 1.165) is 10.4 Å². The van der Waals surface area contributed by atoms with Crippen LogP contribution in [-0.4, -0.2) is 43.9 Å². The Morgan fingerprint density at radius 2 is 1.83 bits per heavy atom. The van der Waals surface area contributed by atoms with Crippen molar-refractivity contribution in [3.05, 3.63) is 52.2 Å². The minimum absolute atomic E-state index is 0.0483. The topological polar surface area (TPSA) is 95.6 Å². The van der Waals surface area contributed by atoms with Gasteiger partial charge in [0.25, 0.3) is 0 Å². The molecule has 156 valence electrons. The number of piperidine rings is 1. The molecule has 9 heteroatoms. The minimum Gasteiger partial charge on any atom is -0.351 e. The first kappa shape index (κ1) is 21.5. The standard InChI is InChI=1S/C20H25N3O4S2/c1-29(26,27)23-10-8-16(9-11-23)20(25)22-17-6-4-15(5-7-17)13-19(24)21-14-18-3-2-12-28-18/h2-7,12,16H,8-11,13-14H2,1H3,(H,21,24)(H,22,25). The average molecular weight is 436 g/mol. The average Bonchev–Trinajstić information content (AvgIpc) is 3.21. The molecule has 2 aromatic rings. The van der Waals surface area contributed by atoms with Crippen LogP contribution in [0.3, 0.4) is 0 Å². The van der Waals surface area contributed by atoms with Crippen LogP contribution in [-0.2, 0) is 32.6 Å². The van der Waals surface area contributed by atoms with Crippen LogP contribution < -0.4 is 10.6 Å². The molecule has 3 rings (SSSR count). The number of thiophene rings is 1. The van der Waals surface area contributed by atoms with E-state index in [0.29, 0.717) is 38.2 Å². The predicted molar refractivity (Wildman–Crippen MR) is 114 cm³/mol. The number of nitrogens with one attached hydrogen (secondary N) is 2. The second-order valence-electron chi connectivity index (χ2n) is 7.16. The summed E-state index contributed by atoms with van der Waals surface area (Å²) in [5, 5.41) is 7.75. The van der Waals surface area contributed by atoms with Crippen molar-refractivity contribution in [2.75, 3.05) is 24.7 Å². The second kappa shape index (κ2) is 9.51. The molecule has 0 spiro atoms. The van der Waals surface area contributed by atoms with Gasteiger partial charge >= 0.3 is 0 Å². The normalized spacial score (nSPS) is 15.8. The maximum absolute atomic E-state index is 12.4. The zero-order valence-electron chi connectivity index (χ0n) is 16.3. The van der Waals surface area contributed by atoms with Crippen LogP contribution in [0, 0.1) is 5.92 Å². The first-order valence-electron chi connectivity index (χ1n) is 9.45. The number of hydrogen-bond donors (Lipinski definition) is 2. The monoisotopic (exact) mass is 435 g/mol. The molecule has 1 fully saturated rings. The number of hydrogen-bond acceptors (Lipinski definition) is 5. The minimum atomic E-state index is -3.20. The lowest BCUT2D eigenvalue weighted by Gasteiger charge is -2.29. The Balaban J connectivity index is 1.45. The smallest absolute Gasteiger partial charge is 0.227 e. The maximum atomic E-state index is 12.4. The highest BCUT2D eigenvalue weighted by Gasteiger charge is 2.28. The highest BCUT2D eigenvalue weighted by atomic mass is 32.2. The number of anilines is 1. The number of carbonyl (C=O) groups excluding carboxylic acids is 2. The molecule has 2 N–H and O–H groups in total. The fourth-order valence-corrected chi connectivity index (χ4v) is 4.77. The molecule has 7 nitrogen and oxygen atoms in total. The Labute approximate surface area is 175 Å². The summed E-state index contributed by atoms with van der Waals surface area (Å²) in [6.07, 6.45) is 2.50. The molecule has 0 atom stereocenters. The Kier molecular flexibility index (Phi) is 7.05. The van der Waals surface area contributed by atoms with Gasteiger partial charge in [-0.1, -0.05) is 18.2 Å². The Morgan fingerprint density at radius 1 is 1.14 bits per heavy atom. The van der Waals surface area contributed by atoms with Gasteiger partial charge in [0.1, 0.15) is 0 Å². The number of rotatable bonds is 7. The van der Waals surface area contributed by atoms with Crippen molar-refractivity contribution in [1.82, 2.24) is 9.62 Å². The van der Waals surface area contributed by atoms with Crippen molar-refractivity contribution < 1.29 is 18.0 Å². The SMILES string of the molecule is CS(=O)(=O)N1CCC(C(=O)Nc2ccc(CC(=O)NCc3cccs3)cc2)CC1. The van der Waals surface area contributed by atoms with E-state index in [1.807, 2.05) is 29.6 Å². The van der Waals surface area contributed by atoms with E-state index in [9.17, 15) is 18.0 Å². The summed E-state index contributed by atoms with van der Waals surface area (Å²) in [5.41, 5.74) is 1.54. The van der Waals surface area contributed by atoms with Crippen molar-refractivity contribution in [1.29, 1.82) is 0 Å². The van der Waals surface area contributed by atoms with Crippen molar-refractivity contribution in [2.45, 2.75) is 25.8 Å². The quantitative estimate of drug-likeness (QED) is 0.697. The molecule has 2 heterocycles. The van der Waals surface area contributed by atoms with Crippen LogP contribution in [0.2, 0.25) is 0 Å². The second-order valence-corrected chi connectivity index (χ2v) is 10.2. The molecule has 1 saturated heterocycles. The third-order valence-corrected chi connectivity index (χ3v) is 7.10. The number of amides is 2. The summed E-state index contributed by atoms with van der Waals surface area (Å²) in [6.45, 7) is 1.27. The lowest BCUT2D eigenvalue weighted by atomic mass is 9.97. The van der Waals surface area contributed by atoms with Gasteiger partial charge in [-0.3, -0.25) is 9.59 Å². The number of benzene rings is 1. The van der Waals surface area contributed by atoms with Gasteiger partial charge in [-0.25, -0.2) is 12.7 Å². The molecule has 1 aliphatic rings. The Bertz CT molecular complexity index is 933. The first-order valence-corrected chi connectivity index (χ1v) is 12.2. The molecular formula is C20H25N3O4S2. The van der Waals surface area contributed by atoms with Crippen LogP contribution in [0.5, 0.6) is 0 Å². The van der Waals surface area contributed by atoms with Crippen LogP contribution in [0.25, 0.3) is 0 Å². The van der Waals surface area contributed by atoms with Crippen molar-refractivity contribution in [3.8, 4) is 0 Å². The van der Waals surface area contributed by atoms with Gasteiger partial charge in [0.15, 0.2) is 0 Å². The molecular weight excluding hydrogens is 410 g/mol. The van der Waals surface area contributed by atoms with E-state index < -0.39 is 10.0 Å². The first-order chi connectivity index (χ1) is 13.8. The largest absolute Gasteiger partial charge is 0.351 e. The molecule has 0 bridgehead atoms. The molecule has 0 aliphatic carbocycles. The number of nitrogens with zero attached hydrogens (tertiary/aromatic N) is 1. The lowest BCUT2D eigenvalue weighted by Crippen LogP contribution is -2.40. The van der Waals surface area contributed by atoms with Gasteiger partial charge in [-0.15, -0.1) is 11.3 Å². The summed E-state index contributed by atoms with van der Waals surface area (Å²) in [7, 11) is -3.20. The summed E-state index contributed by atoms with van der Waals surface area (Å²) < 4.78 is 24.5. The molecule has 0 unspecified atom stereocenters. The van der Waals surface area contributed by atoms with E-state index in [1.165, 1.54) is 10.6 Å². The highest BCUT2D eigenvalue weighted by Crippen LogP contribution is 2.21. The molecule has 0 radical (unpaired) electrons. The van der Waals surface area contributed by atoms with Gasteiger partial charge in [0.2, 0.25) is 21.8 Å². The van der Waals surface area contributed by atoms with E-state index in [1.54, 1.807) is 23.5 Å². The summed E-state index contributed by atoms with van der Waals surface area (Å²) in [6, 6.07) is 11.2. The fraction of sp³-hybridized carbons (Fsp3) is 0.400. The van der Waals surface area contributed by atoms with Crippen LogP contribution in [0.1, 0.15) is 23.3 Å². The van der Waals surface area contributed by atoms with E-state index in [4.69, 9.17) is 0 Å². The number of sulfonamides is 1. The van der Waals surface area contributed by atoms with Crippen molar-refractivity contribution in [3.63, 3.8) is 0 Å². The summed E-state index contributed by atoms with van der Waals surface area (Å²) >= 11 is 1.60. The van der Waals surface area contributed by atoms with Crippen LogP contribution in [0.15, 0.2) is 41.8 Å². The molecule has 0 saturated carbocycles. The maximum Gasteiger partial charge on any atom is 0.227 e. The fourth-order valence-electron chi connectivity index (χ4n) is 3.25. The van der Waals surface area contributed by atoms with E-state index >= 15 is 0 Å². The Morgan fingerprint density at radius 3 is 2.41 bits per heavy atom. The van der Waals surface area contributed by atoms with Crippen LogP contribution >= 0.6 is 11.3 Å². The third kappa shape index (κ3) is 6.38. The summed E-state index contributed by atoms with van der Waals surface area (Å²) in [5.74, 6) is -0.344. The van der Waals surface area contributed by atoms with E-state index in [2.05, 4.69) is 10.6 Å². The van der Waals surface area contributed by atoms with Crippen LogP contribution in [0.4, 0.5) is 5.69 Å². The Hall–Kier alpha value is -2.23. The van der Waals surface area contributed by atoms with Gasteiger partial charge in [0, 0.05) is 29.6 Å². The van der Waals surface area contributed by atoms with Crippen molar-refractivity contribution >= 4 is 38.9 Å². The molecule has 1 aromatic carbocycles. The lowest BCUT2D eigenvalue weighted by molar-refractivity contribution is -0.121. The zero-order chi connectivity index (χ0) is 20.9.